The first-order valence-corrected chi connectivity index (χ1v) is 5.20. The SMILES string of the molecule is CC(O)c1ccc2c(c1)N(C)CCC2. The minimum Gasteiger partial charge on any atom is -0.389 e. The second-order valence-corrected chi connectivity index (χ2v) is 4.09. The second kappa shape index (κ2) is 3.62. The van der Waals surface area contributed by atoms with Crippen LogP contribution in [0.4, 0.5) is 5.69 Å². The molecule has 0 bridgehead atoms. The summed E-state index contributed by atoms with van der Waals surface area (Å²) in [6.45, 7) is 2.93. The molecule has 0 saturated heterocycles. The first-order valence-electron chi connectivity index (χ1n) is 5.20. The zero-order valence-corrected chi connectivity index (χ0v) is 8.83. The Kier molecular flexibility index (Phi) is 2.46. The molecule has 0 aromatic heterocycles. The van der Waals surface area contributed by atoms with Crippen LogP contribution < -0.4 is 4.90 Å². The summed E-state index contributed by atoms with van der Waals surface area (Å²) < 4.78 is 0. The summed E-state index contributed by atoms with van der Waals surface area (Å²) in [6.07, 6.45) is 2.03. The zero-order valence-electron chi connectivity index (χ0n) is 8.83. The Morgan fingerprint density at radius 2 is 2.21 bits per heavy atom. The molecule has 2 rings (SSSR count). The fourth-order valence-corrected chi connectivity index (χ4v) is 2.03. The lowest BCUT2D eigenvalue weighted by Gasteiger charge is -2.28. The Hall–Kier alpha value is -1.02. The van der Waals surface area contributed by atoms with E-state index in [9.17, 15) is 5.11 Å². The van der Waals surface area contributed by atoms with Gasteiger partial charge in [0.2, 0.25) is 0 Å². The van der Waals surface area contributed by atoms with Crippen molar-refractivity contribution >= 4 is 5.69 Å². The van der Waals surface area contributed by atoms with Crippen molar-refractivity contribution in [3.63, 3.8) is 0 Å². The van der Waals surface area contributed by atoms with Crippen LogP contribution in [0.5, 0.6) is 0 Å². The van der Waals surface area contributed by atoms with Gasteiger partial charge in [0.05, 0.1) is 6.10 Å². The molecule has 1 aliphatic rings. The van der Waals surface area contributed by atoms with Crippen LogP contribution >= 0.6 is 0 Å². The van der Waals surface area contributed by atoms with Gasteiger partial charge in [0.15, 0.2) is 0 Å². The molecule has 0 saturated carbocycles. The molecule has 1 N–H and O–H groups in total. The lowest BCUT2D eigenvalue weighted by atomic mass is 9.98. The molecule has 1 aliphatic heterocycles. The number of anilines is 1. The summed E-state index contributed by atoms with van der Waals surface area (Å²) in [5.41, 5.74) is 3.70. The molecule has 1 aromatic carbocycles. The summed E-state index contributed by atoms with van der Waals surface area (Å²) >= 11 is 0. The van der Waals surface area contributed by atoms with E-state index in [1.165, 1.54) is 24.1 Å². The second-order valence-electron chi connectivity index (χ2n) is 4.09. The fourth-order valence-electron chi connectivity index (χ4n) is 2.03. The van der Waals surface area contributed by atoms with E-state index in [0.717, 1.165) is 12.1 Å². The highest BCUT2D eigenvalue weighted by Gasteiger charge is 2.14. The lowest BCUT2D eigenvalue weighted by molar-refractivity contribution is 0.199. The summed E-state index contributed by atoms with van der Waals surface area (Å²) in [5.74, 6) is 0. The van der Waals surface area contributed by atoms with Gasteiger partial charge in [-0.15, -0.1) is 0 Å². The standard InChI is InChI=1S/C12H17NO/c1-9(14)11-6-5-10-4-3-7-13(2)12(10)8-11/h5-6,8-9,14H,3-4,7H2,1-2H3. The maximum Gasteiger partial charge on any atom is 0.0762 e. The van der Waals surface area contributed by atoms with Crippen molar-refractivity contribution < 1.29 is 5.11 Å². The third kappa shape index (κ3) is 1.62. The van der Waals surface area contributed by atoms with Crippen molar-refractivity contribution in [1.29, 1.82) is 0 Å². The molecule has 2 heteroatoms. The van der Waals surface area contributed by atoms with Gasteiger partial charge in [-0.2, -0.15) is 0 Å². The largest absolute Gasteiger partial charge is 0.389 e. The Morgan fingerprint density at radius 3 is 2.93 bits per heavy atom. The van der Waals surface area contributed by atoms with Gasteiger partial charge in [-0.05, 0) is 37.0 Å². The molecule has 1 unspecified atom stereocenters. The van der Waals surface area contributed by atoms with Crippen LogP contribution in [-0.2, 0) is 6.42 Å². The van der Waals surface area contributed by atoms with E-state index in [-0.39, 0.29) is 6.10 Å². The van der Waals surface area contributed by atoms with E-state index >= 15 is 0 Å². The molecule has 1 atom stereocenters. The highest BCUT2D eigenvalue weighted by atomic mass is 16.3. The third-order valence-corrected chi connectivity index (χ3v) is 2.94. The number of nitrogens with zero attached hydrogens (tertiary/aromatic N) is 1. The molecule has 14 heavy (non-hydrogen) atoms. The number of aliphatic hydroxyl groups excluding tert-OH is 1. The average Bonchev–Trinajstić information content (AvgIpc) is 2.18. The topological polar surface area (TPSA) is 23.5 Å². The van der Waals surface area contributed by atoms with Gasteiger partial charge in [0.1, 0.15) is 0 Å². The summed E-state index contributed by atoms with van der Waals surface area (Å²) in [7, 11) is 2.11. The van der Waals surface area contributed by atoms with Crippen LogP contribution in [0.25, 0.3) is 0 Å². The molecule has 1 heterocycles. The van der Waals surface area contributed by atoms with Crippen LogP contribution in [0.2, 0.25) is 0 Å². The predicted molar refractivity (Wildman–Crippen MR) is 58.7 cm³/mol. The van der Waals surface area contributed by atoms with Gasteiger partial charge in [-0.25, -0.2) is 0 Å². The maximum absolute atomic E-state index is 9.49. The first-order chi connectivity index (χ1) is 6.68. The van der Waals surface area contributed by atoms with Gasteiger partial charge in [0, 0.05) is 19.3 Å². The summed E-state index contributed by atoms with van der Waals surface area (Å²) in [4.78, 5) is 2.27. The van der Waals surface area contributed by atoms with Gasteiger partial charge in [-0.1, -0.05) is 12.1 Å². The number of hydrogen-bond acceptors (Lipinski definition) is 2. The van der Waals surface area contributed by atoms with Gasteiger partial charge in [-0.3, -0.25) is 0 Å². The normalized spacial score (nSPS) is 17.8. The Bertz CT molecular complexity index is 333. The predicted octanol–water partition coefficient (Wildman–Crippen LogP) is 2.12. The van der Waals surface area contributed by atoms with Crippen LogP contribution in [0.15, 0.2) is 18.2 Å². The zero-order chi connectivity index (χ0) is 10.1. The smallest absolute Gasteiger partial charge is 0.0762 e. The number of rotatable bonds is 1. The highest BCUT2D eigenvalue weighted by Crippen LogP contribution is 2.28. The summed E-state index contributed by atoms with van der Waals surface area (Å²) in [6, 6.07) is 6.29. The van der Waals surface area contributed by atoms with E-state index in [2.05, 4.69) is 24.1 Å². The fraction of sp³-hybridized carbons (Fsp3) is 0.500. The van der Waals surface area contributed by atoms with Crippen molar-refractivity contribution in [1.82, 2.24) is 0 Å². The molecule has 1 aromatic rings. The van der Waals surface area contributed by atoms with Crippen molar-refractivity contribution in [2.45, 2.75) is 25.9 Å². The third-order valence-electron chi connectivity index (χ3n) is 2.94. The van der Waals surface area contributed by atoms with Crippen LogP contribution in [-0.4, -0.2) is 18.7 Å². The first kappa shape index (κ1) is 9.53. The quantitative estimate of drug-likeness (QED) is 0.735. The Balaban J connectivity index is 2.41. The molecule has 0 amide bonds. The summed E-state index contributed by atoms with van der Waals surface area (Å²) in [5, 5.41) is 9.49. The monoisotopic (exact) mass is 191 g/mol. The number of aryl methyl sites for hydroxylation is 1. The number of hydrogen-bond donors (Lipinski definition) is 1. The van der Waals surface area contributed by atoms with E-state index in [1.807, 2.05) is 13.0 Å². The Labute approximate surface area is 85.2 Å². The maximum atomic E-state index is 9.49. The van der Waals surface area contributed by atoms with E-state index in [1.54, 1.807) is 0 Å². The van der Waals surface area contributed by atoms with E-state index in [4.69, 9.17) is 0 Å². The van der Waals surface area contributed by atoms with Gasteiger partial charge in [0.25, 0.3) is 0 Å². The molecule has 0 spiro atoms. The van der Waals surface area contributed by atoms with Crippen molar-refractivity contribution in [2.75, 3.05) is 18.5 Å². The van der Waals surface area contributed by atoms with Crippen LogP contribution in [0, 0.1) is 0 Å². The van der Waals surface area contributed by atoms with Crippen LogP contribution in [0.3, 0.4) is 0 Å². The molecule has 76 valence electrons. The molecule has 0 fully saturated rings. The Morgan fingerprint density at radius 1 is 1.43 bits per heavy atom. The number of benzene rings is 1. The minimum atomic E-state index is -0.365. The van der Waals surface area contributed by atoms with Gasteiger partial charge < -0.3 is 10.0 Å². The van der Waals surface area contributed by atoms with Crippen molar-refractivity contribution in [3.8, 4) is 0 Å². The van der Waals surface area contributed by atoms with Crippen LogP contribution in [0.1, 0.15) is 30.6 Å². The molecular formula is C12H17NO. The van der Waals surface area contributed by atoms with Gasteiger partial charge >= 0.3 is 0 Å². The highest BCUT2D eigenvalue weighted by molar-refractivity contribution is 5.56. The molecular weight excluding hydrogens is 174 g/mol. The molecule has 0 aliphatic carbocycles. The number of fused-ring (bicyclic) bond motifs is 1. The molecule has 2 nitrogen and oxygen atoms in total. The minimum absolute atomic E-state index is 0.365. The van der Waals surface area contributed by atoms with E-state index < -0.39 is 0 Å². The van der Waals surface area contributed by atoms with Crippen molar-refractivity contribution in [2.24, 2.45) is 0 Å². The number of aliphatic hydroxyl groups is 1. The molecule has 0 radical (unpaired) electrons. The van der Waals surface area contributed by atoms with Crippen molar-refractivity contribution in [3.05, 3.63) is 29.3 Å². The average molecular weight is 191 g/mol. The van der Waals surface area contributed by atoms with E-state index in [0.29, 0.717) is 0 Å². The lowest BCUT2D eigenvalue weighted by Crippen LogP contribution is -2.24.